The molecule has 1 aliphatic rings. The molecule has 2 aromatic rings. The molecule has 0 radical (unpaired) electrons. The highest BCUT2D eigenvalue weighted by molar-refractivity contribution is 7.89. The molecule has 3 rings (SSSR count). The van der Waals surface area contributed by atoms with Crippen LogP contribution in [0.25, 0.3) is 0 Å². The maximum atomic E-state index is 12.9. The van der Waals surface area contributed by atoms with Crippen molar-refractivity contribution in [3.05, 3.63) is 59.1 Å². The number of para-hydroxylation sites is 1. The van der Waals surface area contributed by atoms with E-state index in [1.165, 1.54) is 12.1 Å². The molecule has 1 heterocycles. The number of hydrogen-bond acceptors (Lipinski definition) is 4. The van der Waals surface area contributed by atoms with Gasteiger partial charge in [0.15, 0.2) is 0 Å². The number of carbonyl (C=O) groups excluding carboxylic acids is 1. The Kier molecular flexibility index (Phi) is 7.39. The molecule has 0 bridgehead atoms. The summed E-state index contributed by atoms with van der Waals surface area (Å²) in [5.41, 5.74) is 1.61. The van der Waals surface area contributed by atoms with E-state index in [2.05, 4.69) is 9.62 Å². The zero-order chi connectivity index (χ0) is 21.7. The first-order valence-electron chi connectivity index (χ1n) is 10.3. The van der Waals surface area contributed by atoms with Gasteiger partial charge in [0, 0.05) is 42.9 Å². The minimum absolute atomic E-state index is 0.0289. The Morgan fingerprint density at radius 1 is 1.07 bits per heavy atom. The van der Waals surface area contributed by atoms with Crippen LogP contribution in [0.1, 0.15) is 37.0 Å². The lowest BCUT2D eigenvalue weighted by Crippen LogP contribution is -2.45. The number of hydrogen-bond donors (Lipinski definition) is 1. The fourth-order valence-electron chi connectivity index (χ4n) is 3.75. The van der Waals surface area contributed by atoms with Gasteiger partial charge in [0.25, 0.3) is 5.91 Å². The normalized spacial score (nSPS) is 15.2. The van der Waals surface area contributed by atoms with Gasteiger partial charge in [0.05, 0.1) is 10.5 Å². The number of nitrogens with one attached hydrogen (secondary N) is 1. The van der Waals surface area contributed by atoms with E-state index in [4.69, 9.17) is 11.6 Å². The monoisotopic (exact) mass is 449 g/mol. The third-order valence-electron chi connectivity index (χ3n) is 5.47. The number of sulfonamides is 1. The van der Waals surface area contributed by atoms with Crippen molar-refractivity contribution >= 4 is 33.2 Å². The molecule has 8 heteroatoms. The second-order valence-corrected chi connectivity index (χ2v) is 9.48. The average Bonchev–Trinajstić information content (AvgIpc) is 2.75. The molecule has 0 aromatic heterocycles. The van der Waals surface area contributed by atoms with Crippen molar-refractivity contribution in [3.63, 3.8) is 0 Å². The SMILES string of the molecule is CCN(CC)C(=O)c1ccccc1N1CCC(NS(=O)(=O)c2ccc(Cl)cc2)CC1. The van der Waals surface area contributed by atoms with E-state index in [1.807, 2.05) is 43.0 Å². The Bertz CT molecular complexity index is 967. The zero-order valence-corrected chi connectivity index (χ0v) is 18.9. The molecular weight excluding hydrogens is 422 g/mol. The van der Waals surface area contributed by atoms with E-state index in [0.29, 0.717) is 49.6 Å². The van der Waals surface area contributed by atoms with Crippen LogP contribution < -0.4 is 9.62 Å². The molecule has 30 heavy (non-hydrogen) atoms. The van der Waals surface area contributed by atoms with Crippen molar-refractivity contribution in [1.82, 2.24) is 9.62 Å². The summed E-state index contributed by atoms with van der Waals surface area (Å²) in [6.07, 6.45) is 1.33. The van der Waals surface area contributed by atoms with E-state index in [9.17, 15) is 13.2 Å². The van der Waals surface area contributed by atoms with Crippen LogP contribution in [-0.4, -0.2) is 51.4 Å². The van der Waals surface area contributed by atoms with E-state index in [0.717, 1.165) is 5.69 Å². The summed E-state index contributed by atoms with van der Waals surface area (Å²) in [5.74, 6) is 0.0289. The number of anilines is 1. The highest BCUT2D eigenvalue weighted by atomic mass is 35.5. The minimum atomic E-state index is -3.59. The molecule has 0 unspecified atom stereocenters. The van der Waals surface area contributed by atoms with Crippen molar-refractivity contribution in [2.45, 2.75) is 37.6 Å². The van der Waals surface area contributed by atoms with Crippen LogP contribution in [0, 0.1) is 0 Å². The molecule has 0 atom stereocenters. The number of nitrogens with zero attached hydrogens (tertiary/aromatic N) is 2. The Balaban J connectivity index is 1.68. The number of halogens is 1. The summed E-state index contributed by atoms with van der Waals surface area (Å²) in [4.78, 5) is 17.1. The summed E-state index contributed by atoms with van der Waals surface area (Å²) in [7, 11) is -3.59. The minimum Gasteiger partial charge on any atom is -0.371 e. The maximum absolute atomic E-state index is 12.9. The van der Waals surface area contributed by atoms with E-state index in [-0.39, 0.29) is 16.8 Å². The van der Waals surface area contributed by atoms with E-state index < -0.39 is 10.0 Å². The standard InChI is InChI=1S/C22H28ClN3O3S/c1-3-25(4-2)22(27)20-7-5-6-8-21(20)26-15-13-18(14-16-26)24-30(28,29)19-11-9-17(23)10-12-19/h5-12,18,24H,3-4,13-16H2,1-2H3. The predicted molar refractivity (Wildman–Crippen MR) is 121 cm³/mol. The summed E-state index contributed by atoms with van der Waals surface area (Å²) in [5, 5.41) is 0.500. The van der Waals surface area contributed by atoms with Gasteiger partial charge < -0.3 is 9.80 Å². The van der Waals surface area contributed by atoms with Gasteiger partial charge >= 0.3 is 0 Å². The lowest BCUT2D eigenvalue weighted by Gasteiger charge is -2.35. The fraction of sp³-hybridized carbons (Fsp3) is 0.409. The molecular formula is C22H28ClN3O3S. The first-order valence-corrected chi connectivity index (χ1v) is 12.1. The number of carbonyl (C=O) groups is 1. The molecule has 0 spiro atoms. The van der Waals surface area contributed by atoms with Gasteiger partial charge in [0.1, 0.15) is 0 Å². The van der Waals surface area contributed by atoms with Crippen LogP contribution in [-0.2, 0) is 10.0 Å². The number of amides is 1. The maximum Gasteiger partial charge on any atom is 0.255 e. The highest BCUT2D eigenvalue weighted by Crippen LogP contribution is 2.26. The molecule has 1 amide bonds. The molecule has 0 saturated carbocycles. The zero-order valence-electron chi connectivity index (χ0n) is 17.3. The third kappa shape index (κ3) is 5.14. The average molecular weight is 450 g/mol. The molecule has 6 nitrogen and oxygen atoms in total. The summed E-state index contributed by atoms with van der Waals surface area (Å²) in [6, 6.07) is 13.7. The first-order chi connectivity index (χ1) is 14.4. The van der Waals surface area contributed by atoms with Gasteiger partial charge in [0.2, 0.25) is 10.0 Å². The molecule has 1 fully saturated rings. The van der Waals surface area contributed by atoms with Gasteiger partial charge in [-0.3, -0.25) is 4.79 Å². The Morgan fingerprint density at radius 3 is 2.27 bits per heavy atom. The quantitative estimate of drug-likeness (QED) is 0.698. The second-order valence-electron chi connectivity index (χ2n) is 7.33. The van der Waals surface area contributed by atoms with Crippen LogP contribution in [0.5, 0.6) is 0 Å². The van der Waals surface area contributed by atoms with Crippen LogP contribution in [0.4, 0.5) is 5.69 Å². The lowest BCUT2D eigenvalue weighted by atomic mass is 10.0. The molecule has 2 aromatic carbocycles. The Hall–Kier alpha value is -2.09. The van der Waals surface area contributed by atoms with Crippen molar-refractivity contribution in [1.29, 1.82) is 0 Å². The second kappa shape index (κ2) is 9.81. The molecule has 1 N–H and O–H groups in total. The summed E-state index contributed by atoms with van der Waals surface area (Å²) < 4.78 is 28.1. The third-order valence-corrected chi connectivity index (χ3v) is 7.25. The van der Waals surface area contributed by atoms with Crippen LogP contribution >= 0.6 is 11.6 Å². The topological polar surface area (TPSA) is 69.7 Å². The Morgan fingerprint density at radius 2 is 1.67 bits per heavy atom. The number of piperidine rings is 1. The van der Waals surface area contributed by atoms with E-state index in [1.54, 1.807) is 12.1 Å². The van der Waals surface area contributed by atoms with Crippen molar-refractivity contribution in [2.24, 2.45) is 0 Å². The van der Waals surface area contributed by atoms with E-state index >= 15 is 0 Å². The number of benzene rings is 2. The van der Waals surface area contributed by atoms with Crippen LogP contribution in [0.2, 0.25) is 5.02 Å². The first kappa shape index (κ1) is 22.6. The molecule has 162 valence electrons. The molecule has 0 aliphatic carbocycles. The van der Waals surface area contributed by atoms with Crippen molar-refractivity contribution in [2.75, 3.05) is 31.1 Å². The fourth-order valence-corrected chi connectivity index (χ4v) is 5.18. The van der Waals surface area contributed by atoms with Crippen LogP contribution in [0.3, 0.4) is 0 Å². The van der Waals surface area contributed by atoms with Gasteiger partial charge in [-0.2, -0.15) is 0 Å². The van der Waals surface area contributed by atoms with Crippen molar-refractivity contribution in [3.8, 4) is 0 Å². The van der Waals surface area contributed by atoms with Crippen LogP contribution in [0.15, 0.2) is 53.4 Å². The Labute approximate surface area is 183 Å². The van der Waals surface area contributed by atoms with Gasteiger partial charge in [-0.05, 0) is 63.1 Å². The molecule has 1 saturated heterocycles. The summed E-state index contributed by atoms with van der Waals surface area (Å²) in [6.45, 7) is 6.63. The smallest absolute Gasteiger partial charge is 0.255 e. The van der Waals surface area contributed by atoms with Gasteiger partial charge in [-0.25, -0.2) is 13.1 Å². The predicted octanol–water partition coefficient (Wildman–Crippen LogP) is 3.77. The van der Waals surface area contributed by atoms with Gasteiger partial charge in [-0.1, -0.05) is 23.7 Å². The van der Waals surface area contributed by atoms with Crippen molar-refractivity contribution < 1.29 is 13.2 Å². The number of rotatable bonds is 7. The molecule has 1 aliphatic heterocycles. The summed E-state index contributed by atoms with van der Waals surface area (Å²) >= 11 is 5.85. The lowest BCUT2D eigenvalue weighted by molar-refractivity contribution is 0.0773. The largest absolute Gasteiger partial charge is 0.371 e. The van der Waals surface area contributed by atoms with Gasteiger partial charge in [-0.15, -0.1) is 0 Å². The highest BCUT2D eigenvalue weighted by Gasteiger charge is 2.27.